The van der Waals surface area contributed by atoms with Gasteiger partial charge in [0.1, 0.15) is 5.82 Å². The Balaban J connectivity index is 1.37. The van der Waals surface area contributed by atoms with Gasteiger partial charge in [0.2, 0.25) is 15.9 Å². The molecule has 4 fully saturated rings. The SMILES string of the molecule is O=C(CCC[C@@H]1[C@H]2CCCN3CCC[C@@H](CN1S(=O)(=O)c1ccc(F)cc1)[C@@H]23)N1CCOCC1. The summed E-state index contributed by atoms with van der Waals surface area (Å²) in [5.41, 5.74) is 0. The summed E-state index contributed by atoms with van der Waals surface area (Å²) in [5.74, 6) is 0.306. The number of piperidine rings is 3. The van der Waals surface area contributed by atoms with E-state index in [-0.39, 0.29) is 22.8 Å². The van der Waals surface area contributed by atoms with E-state index in [1.54, 1.807) is 4.31 Å². The van der Waals surface area contributed by atoms with Crippen molar-refractivity contribution in [3.8, 4) is 0 Å². The minimum absolute atomic E-state index is 0.130. The lowest BCUT2D eigenvalue weighted by Crippen LogP contribution is -2.65. The van der Waals surface area contributed by atoms with Gasteiger partial charge >= 0.3 is 0 Å². The standard InChI is InChI=1S/C25H36FN3O4S/c26-20-8-10-21(11-9-20)34(31,32)29-18-19-4-2-12-28-13-3-5-22(25(19)28)23(29)6-1-7-24(30)27-14-16-33-17-15-27/h8-11,19,22-23,25H,1-7,12-18H2/t19-,22+,23+,25-/m0/s1. The van der Waals surface area contributed by atoms with Crippen LogP contribution in [-0.2, 0) is 19.6 Å². The molecule has 1 aromatic rings. The highest BCUT2D eigenvalue weighted by molar-refractivity contribution is 7.89. The number of rotatable bonds is 6. The Labute approximate surface area is 202 Å². The predicted molar refractivity (Wildman–Crippen MR) is 126 cm³/mol. The van der Waals surface area contributed by atoms with Crippen molar-refractivity contribution in [2.75, 3.05) is 45.9 Å². The molecule has 4 aliphatic rings. The molecular formula is C25H36FN3O4S. The van der Waals surface area contributed by atoms with Gasteiger partial charge in [0.15, 0.2) is 0 Å². The van der Waals surface area contributed by atoms with Crippen molar-refractivity contribution in [1.82, 2.24) is 14.1 Å². The number of ether oxygens (including phenoxy) is 1. The fraction of sp³-hybridized carbons (Fsp3) is 0.720. The molecule has 0 unspecified atom stereocenters. The Kier molecular flexibility index (Phi) is 7.25. The third kappa shape index (κ3) is 4.76. The Morgan fingerprint density at radius 1 is 1.03 bits per heavy atom. The average molecular weight is 494 g/mol. The highest BCUT2D eigenvalue weighted by atomic mass is 32.2. The minimum Gasteiger partial charge on any atom is -0.378 e. The van der Waals surface area contributed by atoms with Crippen molar-refractivity contribution in [2.24, 2.45) is 11.8 Å². The van der Waals surface area contributed by atoms with E-state index in [2.05, 4.69) is 4.90 Å². The van der Waals surface area contributed by atoms with E-state index in [1.165, 1.54) is 24.3 Å². The lowest BCUT2D eigenvalue weighted by Gasteiger charge is -2.57. The number of carbonyl (C=O) groups excluding carboxylic acids is 1. The van der Waals surface area contributed by atoms with E-state index in [0.29, 0.717) is 64.1 Å². The third-order valence-corrected chi connectivity index (χ3v) is 10.2. The van der Waals surface area contributed by atoms with Gasteiger partial charge in [0.05, 0.1) is 18.1 Å². The summed E-state index contributed by atoms with van der Waals surface area (Å²) in [6.07, 6.45) is 6.05. The van der Waals surface area contributed by atoms with Crippen LogP contribution in [-0.4, -0.2) is 86.5 Å². The zero-order valence-corrected chi connectivity index (χ0v) is 20.6. The lowest BCUT2D eigenvalue weighted by molar-refractivity contribution is -0.135. The second-order valence-corrected chi connectivity index (χ2v) is 12.1. The number of nitrogens with zero attached hydrogens (tertiary/aromatic N) is 3. The van der Waals surface area contributed by atoms with Gasteiger partial charge in [-0.05, 0) is 87.7 Å². The number of amides is 1. The van der Waals surface area contributed by atoms with E-state index in [4.69, 9.17) is 4.74 Å². The number of hydrogen-bond donors (Lipinski definition) is 0. The van der Waals surface area contributed by atoms with Crippen LogP contribution in [0.15, 0.2) is 29.2 Å². The molecule has 0 aliphatic carbocycles. The van der Waals surface area contributed by atoms with Crippen molar-refractivity contribution in [1.29, 1.82) is 0 Å². The molecule has 1 aromatic carbocycles. The first-order valence-corrected chi connectivity index (χ1v) is 14.3. The first kappa shape index (κ1) is 24.2. The molecule has 5 rings (SSSR count). The summed E-state index contributed by atoms with van der Waals surface area (Å²) in [5, 5.41) is 0. The van der Waals surface area contributed by atoms with E-state index >= 15 is 0 Å². The minimum atomic E-state index is -3.75. The molecule has 4 heterocycles. The van der Waals surface area contributed by atoms with Crippen LogP contribution in [0.25, 0.3) is 0 Å². The molecule has 0 saturated carbocycles. The van der Waals surface area contributed by atoms with Crippen molar-refractivity contribution < 1.29 is 22.3 Å². The molecule has 0 bridgehead atoms. The molecule has 4 saturated heterocycles. The van der Waals surface area contributed by atoms with Crippen LogP contribution in [0.2, 0.25) is 0 Å². The van der Waals surface area contributed by atoms with Gasteiger partial charge < -0.3 is 9.64 Å². The van der Waals surface area contributed by atoms with E-state index in [0.717, 1.165) is 38.8 Å². The smallest absolute Gasteiger partial charge is 0.243 e. The number of hydrogen-bond acceptors (Lipinski definition) is 5. The van der Waals surface area contributed by atoms with Gasteiger partial charge in [-0.15, -0.1) is 0 Å². The second-order valence-electron chi connectivity index (χ2n) is 10.2. The third-order valence-electron chi connectivity index (χ3n) is 8.30. The average Bonchev–Trinajstić information content (AvgIpc) is 2.86. The summed E-state index contributed by atoms with van der Waals surface area (Å²) >= 11 is 0. The topological polar surface area (TPSA) is 70.2 Å². The fourth-order valence-corrected chi connectivity index (χ4v) is 8.52. The highest BCUT2D eigenvalue weighted by Gasteiger charge is 2.51. The van der Waals surface area contributed by atoms with Gasteiger partial charge in [-0.25, -0.2) is 12.8 Å². The second kappa shape index (κ2) is 10.2. The van der Waals surface area contributed by atoms with Gasteiger partial charge in [-0.1, -0.05) is 0 Å². The maximum absolute atomic E-state index is 13.8. The number of halogens is 1. The summed E-state index contributed by atoms with van der Waals surface area (Å²) < 4.78 is 48.2. The van der Waals surface area contributed by atoms with Crippen LogP contribution in [0.4, 0.5) is 4.39 Å². The molecule has 0 aromatic heterocycles. The van der Waals surface area contributed by atoms with E-state index in [1.807, 2.05) is 4.90 Å². The zero-order chi connectivity index (χ0) is 23.7. The summed E-state index contributed by atoms with van der Waals surface area (Å²) in [7, 11) is -3.75. The van der Waals surface area contributed by atoms with E-state index < -0.39 is 15.8 Å². The van der Waals surface area contributed by atoms with Crippen molar-refractivity contribution in [2.45, 2.75) is 61.9 Å². The molecule has 0 N–H and O–H groups in total. The maximum atomic E-state index is 13.8. The Bertz CT molecular complexity index is 965. The molecular weight excluding hydrogens is 457 g/mol. The molecule has 4 atom stereocenters. The maximum Gasteiger partial charge on any atom is 0.243 e. The molecule has 34 heavy (non-hydrogen) atoms. The quantitative estimate of drug-likeness (QED) is 0.610. The van der Waals surface area contributed by atoms with Crippen LogP contribution in [0.3, 0.4) is 0 Å². The monoisotopic (exact) mass is 493 g/mol. The van der Waals surface area contributed by atoms with Crippen LogP contribution in [0.1, 0.15) is 44.9 Å². The molecule has 7 nitrogen and oxygen atoms in total. The molecule has 9 heteroatoms. The van der Waals surface area contributed by atoms with Crippen molar-refractivity contribution in [3.63, 3.8) is 0 Å². The number of carbonyl (C=O) groups is 1. The normalized spacial score (nSPS) is 30.7. The molecule has 188 valence electrons. The van der Waals surface area contributed by atoms with Gasteiger partial charge in [0.25, 0.3) is 0 Å². The largest absolute Gasteiger partial charge is 0.378 e. The van der Waals surface area contributed by atoms with Crippen LogP contribution in [0, 0.1) is 17.7 Å². The first-order chi connectivity index (χ1) is 16.4. The predicted octanol–water partition coefficient (Wildman–Crippen LogP) is 2.72. The van der Waals surface area contributed by atoms with Crippen LogP contribution in [0.5, 0.6) is 0 Å². The van der Waals surface area contributed by atoms with Gasteiger partial charge in [-0.3, -0.25) is 9.69 Å². The number of benzene rings is 1. The molecule has 0 radical (unpaired) electrons. The highest BCUT2D eigenvalue weighted by Crippen LogP contribution is 2.45. The summed E-state index contributed by atoms with van der Waals surface area (Å²) in [6, 6.07) is 5.50. The molecule has 0 spiro atoms. The first-order valence-electron chi connectivity index (χ1n) is 12.8. The Hall–Kier alpha value is -1.55. The molecule has 1 amide bonds. The fourth-order valence-electron chi connectivity index (χ4n) is 6.77. The van der Waals surface area contributed by atoms with Crippen LogP contribution < -0.4 is 0 Å². The zero-order valence-electron chi connectivity index (χ0n) is 19.8. The summed E-state index contributed by atoms with van der Waals surface area (Å²) in [4.78, 5) is 17.3. The Morgan fingerprint density at radius 3 is 2.47 bits per heavy atom. The van der Waals surface area contributed by atoms with Crippen molar-refractivity contribution >= 4 is 15.9 Å². The van der Waals surface area contributed by atoms with Gasteiger partial charge in [0, 0.05) is 38.1 Å². The molecule has 4 aliphatic heterocycles. The number of morpholine rings is 1. The Morgan fingerprint density at radius 2 is 1.74 bits per heavy atom. The van der Waals surface area contributed by atoms with Gasteiger partial charge in [-0.2, -0.15) is 4.31 Å². The number of sulfonamides is 1. The summed E-state index contributed by atoms with van der Waals surface area (Å²) in [6.45, 7) is 5.15. The van der Waals surface area contributed by atoms with Crippen molar-refractivity contribution in [3.05, 3.63) is 30.1 Å². The van der Waals surface area contributed by atoms with Crippen LogP contribution >= 0.6 is 0 Å². The lowest BCUT2D eigenvalue weighted by atomic mass is 9.70. The van der Waals surface area contributed by atoms with E-state index in [9.17, 15) is 17.6 Å².